The summed E-state index contributed by atoms with van der Waals surface area (Å²) in [6.07, 6.45) is 24.8. The Morgan fingerprint density at radius 1 is 0.660 bits per heavy atom. The monoisotopic (exact) mass is 747 g/mol. The third kappa shape index (κ3) is 20.9. The summed E-state index contributed by atoms with van der Waals surface area (Å²) in [7, 11) is 0. The number of nitrogens with one attached hydrogen (secondary N) is 1. The molecule has 53 heavy (non-hydrogen) atoms. The van der Waals surface area contributed by atoms with E-state index >= 15 is 0 Å². The smallest absolute Gasteiger partial charge is 0.407 e. The van der Waals surface area contributed by atoms with E-state index in [0.29, 0.717) is 13.0 Å². The van der Waals surface area contributed by atoms with E-state index in [1.54, 1.807) is 4.90 Å². The minimum atomic E-state index is -1.47. The van der Waals surface area contributed by atoms with Crippen molar-refractivity contribution in [2.24, 2.45) is 0 Å². The van der Waals surface area contributed by atoms with Gasteiger partial charge in [0.25, 0.3) is 0 Å². The second-order valence-corrected chi connectivity index (χ2v) is 15.4. The number of carbonyl (C=O) groups excluding carboxylic acids is 2. The SMILES string of the molecule is CCCCCCCCCCCCCCCCCCN(C(=O)CCCCCCCCCCC)[C@@H]1O[C@H](CO)[C@@H](O)[C@H](O)[C@H]1NC(=O)OCc1ccccc1. The number of amides is 2. The van der Waals surface area contributed by atoms with Crippen LogP contribution in [0.25, 0.3) is 0 Å². The van der Waals surface area contributed by atoms with E-state index in [4.69, 9.17) is 9.47 Å². The predicted molar refractivity (Wildman–Crippen MR) is 214 cm³/mol. The van der Waals surface area contributed by atoms with Gasteiger partial charge in [-0.3, -0.25) is 4.79 Å². The maximum atomic E-state index is 13.9. The highest BCUT2D eigenvalue weighted by Gasteiger charge is 2.48. The Hall–Kier alpha value is -2.20. The lowest BCUT2D eigenvalue weighted by Crippen LogP contribution is -2.68. The largest absolute Gasteiger partial charge is 0.445 e. The van der Waals surface area contributed by atoms with Crippen molar-refractivity contribution in [3.05, 3.63) is 35.9 Å². The van der Waals surface area contributed by atoms with Crippen LogP contribution in [0.15, 0.2) is 30.3 Å². The van der Waals surface area contributed by atoms with Crippen molar-refractivity contribution < 1.29 is 34.4 Å². The quantitative estimate of drug-likeness (QED) is 0.0541. The standard InChI is InChI=1S/C44H78N2O7/c1-3-5-7-9-11-13-14-15-16-17-18-19-21-23-25-30-34-46(39(48)33-29-24-22-20-12-10-8-6-4-2)43-40(42(50)41(49)38(35-47)53-43)45-44(51)52-36-37-31-27-26-28-32-37/h26-28,31-32,38,40-43,47,49-50H,3-25,29-30,33-36H2,1-2H3,(H,45,51)/t38-,40-,41-,42-,43-/m1/s1. The lowest BCUT2D eigenvalue weighted by atomic mass is 9.95. The molecule has 2 amide bonds. The van der Waals surface area contributed by atoms with Gasteiger partial charge in [-0.25, -0.2) is 4.79 Å². The van der Waals surface area contributed by atoms with Crippen LogP contribution in [0, 0.1) is 0 Å². The van der Waals surface area contributed by atoms with Crippen LogP contribution in [0.5, 0.6) is 0 Å². The molecule has 0 spiro atoms. The molecule has 9 heteroatoms. The number of hydrogen-bond acceptors (Lipinski definition) is 7. The molecule has 1 aromatic carbocycles. The fraction of sp³-hybridized carbons (Fsp3) is 0.818. The van der Waals surface area contributed by atoms with Gasteiger partial charge in [0.1, 0.15) is 31.0 Å². The highest BCUT2D eigenvalue weighted by Crippen LogP contribution is 2.26. The van der Waals surface area contributed by atoms with Gasteiger partial charge in [-0.05, 0) is 18.4 Å². The van der Waals surface area contributed by atoms with Gasteiger partial charge in [-0.2, -0.15) is 0 Å². The lowest BCUT2D eigenvalue weighted by molar-refractivity contribution is -0.230. The molecule has 0 bridgehead atoms. The molecule has 1 aromatic rings. The minimum absolute atomic E-state index is 0.0310. The number of rotatable bonds is 32. The topological polar surface area (TPSA) is 129 Å². The van der Waals surface area contributed by atoms with Gasteiger partial charge in [-0.1, -0.05) is 192 Å². The van der Waals surface area contributed by atoms with Crippen molar-refractivity contribution in [3.8, 4) is 0 Å². The van der Waals surface area contributed by atoms with Crippen molar-refractivity contribution in [2.45, 2.75) is 218 Å². The van der Waals surface area contributed by atoms with E-state index in [-0.39, 0.29) is 12.5 Å². The molecule has 0 saturated carbocycles. The zero-order chi connectivity index (χ0) is 38.4. The van der Waals surface area contributed by atoms with Gasteiger partial charge in [0.15, 0.2) is 6.23 Å². The Labute approximate surface area is 323 Å². The molecule has 306 valence electrons. The number of unbranched alkanes of at least 4 members (excludes halogenated alkanes) is 23. The third-order valence-electron chi connectivity index (χ3n) is 10.8. The molecule has 1 saturated heterocycles. The number of benzene rings is 1. The Kier molecular flexibility index (Phi) is 27.5. The number of aliphatic hydroxyl groups excluding tert-OH is 3. The molecule has 4 N–H and O–H groups in total. The Bertz CT molecular complexity index is 1030. The molecular weight excluding hydrogens is 668 g/mol. The molecule has 0 radical (unpaired) electrons. The molecule has 1 aliphatic heterocycles. The number of carbonyl (C=O) groups is 2. The predicted octanol–water partition coefficient (Wildman–Crippen LogP) is 9.73. The molecule has 5 atom stereocenters. The molecular formula is C44H78N2O7. The summed E-state index contributed by atoms with van der Waals surface area (Å²) >= 11 is 0. The van der Waals surface area contributed by atoms with Crippen LogP contribution in [0.2, 0.25) is 0 Å². The molecule has 0 aromatic heterocycles. The van der Waals surface area contributed by atoms with Crippen LogP contribution in [0.4, 0.5) is 4.79 Å². The van der Waals surface area contributed by atoms with E-state index in [1.165, 1.54) is 122 Å². The summed E-state index contributed by atoms with van der Waals surface area (Å²) in [6.45, 7) is 4.39. The maximum absolute atomic E-state index is 13.9. The van der Waals surface area contributed by atoms with E-state index in [0.717, 1.165) is 44.1 Å². The molecule has 0 unspecified atom stereocenters. The van der Waals surface area contributed by atoms with Crippen LogP contribution in [-0.4, -0.2) is 76.0 Å². The minimum Gasteiger partial charge on any atom is -0.445 e. The van der Waals surface area contributed by atoms with Gasteiger partial charge in [0.05, 0.1) is 6.61 Å². The van der Waals surface area contributed by atoms with Crippen LogP contribution < -0.4 is 5.32 Å². The summed E-state index contributed by atoms with van der Waals surface area (Å²) in [4.78, 5) is 28.4. The highest BCUT2D eigenvalue weighted by molar-refractivity contribution is 5.76. The Morgan fingerprint density at radius 2 is 1.11 bits per heavy atom. The van der Waals surface area contributed by atoms with Gasteiger partial charge >= 0.3 is 6.09 Å². The van der Waals surface area contributed by atoms with Crippen LogP contribution >= 0.6 is 0 Å². The molecule has 0 aliphatic carbocycles. The van der Waals surface area contributed by atoms with Crippen LogP contribution in [0.3, 0.4) is 0 Å². The average molecular weight is 747 g/mol. The van der Waals surface area contributed by atoms with E-state index in [1.807, 2.05) is 30.3 Å². The molecule has 1 heterocycles. The van der Waals surface area contributed by atoms with E-state index in [2.05, 4.69) is 19.2 Å². The number of alkyl carbamates (subject to hydrolysis) is 1. The summed E-state index contributed by atoms with van der Waals surface area (Å²) < 4.78 is 11.6. The first-order valence-corrected chi connectivity index (χ1v) is 21.8. The van der Waals surface area contributed by atoms with Crippen LogP contribution in [-0.2, 0) is 20.9 Å². The lowest BCUT2D eigenvalue weighted by Gasteiger charge is -2.46. The zero-order valence-corrected chi connectivity index (χ0v) is 33.7. The first kappa shape index (κ1) is 47.0. The second kappa shape index (κ2) is 31.1. The average Bonchev–Trinajstić information content (AvgIpc) is 3.17. The second-order valence-electron chi connectivity index (χ2n) is 15.4. The Balaban J connectivity index is 1.90. The number of aliphatic hydroxyl groups is 3. The van der Waals surface area contributed by atoms with Crippen molar-refractivity contribution in [2.75, 3.05) is 13.2 Å². The summed E-state index contributed by atoms with van der Waals surface area (Å²) in [6, 6.07) is 8.13. The maximum Gasteiger partial charge on any atom is 0.407 e. The Morgan fingerprint density at radius 3 is 1.58 bits per heavy atom. The van der Waals surface area contributed by atoms with Crippen LogP contribution in [0.1, 0.15) is 186 Å². The molecule has 1 fully saturated rings. The van der Waals surface area contributed by atoms with Crippen molar-refractivity contribution in [3.63, 3.8) is 0 Å². The number of ether oxygens (including phenoxy) is 2. The van der Waals surface area contributed by atoms with E-state index in [9.17, 15) is 24.9 Å². The molecule has 2 rings (SSSR count). The number of hydrogen-bond donors (Lipinski definition) is 4. The fourth-order valence-corrected chi connectivity index (χ4v) is 7.38. The van der Waals surface area contributed by atoms with Gasteiger partial charge in [0.2, 0.25) is 5.91 Å². The first-order chi connectivity index (χ1) is 25.9. The zero-order valence-electron chi connectivity index (χ0n) is 33.7. The first-order valence-electron chi connectivity index (χ1n) is 21.8. The van der Waals surface area contributed by atoms with Gasteiger partial charge < -0.3 is 35.0 Å². The number of nitrogens with zero attached hydrogens (tertiary/aromatic N) is 1. The van der Waals surface area contributed by atoms with E-state index < -0.39 is 43.3 Å². The summed E-state index contributed by atoms with van der Waals surface area (Å²) in [5, 5.41) is 34.6. The van der Waals surface area contributed by atoms with Gasteiger partial charge in [-0.15, -0.1) is 0 Å². The van der Waals surface area contributed by atoms with Crippen molar-refractivity contribution in [1.82, 2.24) is 10.2 Å². The fourth-order valence-electron chi connectivity index (χ4n) is 7.38. The van der Waals surface area contributed by atoms with Gasteiger partial charge in [0, 0.05) is 13.0 Å². The third-order valence-corrected chi connectivity index (χ3v) is 10.8. The normalized spacial score (nSPS) is 20.0. The van der Waals surface area contributed by atoms with Crippen molar-refractivity contribution in [1.29, 1.82) is 0 Å². The summed E-state index contributed by atoms with van der Waals surface area (Å²) in [5.74, 6) is -0.108. The highest BCUT2D eigenvalue weighted by atomic mass is 16.6. The molecule has 9 nitrogen and oxygen atoms in total. The van der Waals surface area contributed by atoms with Crippen molar-refractivity contribution >= 4 is 12.0 Å². The summed E-state index contributed by atoms with van der Waals surface area (Å²) in [5.41, 5.74) is 0.807. The molecule has 1 aliphatic rings.